The van der Waals surface area contributed by atoms with E-state index in [0.29, 0.717) is 0 Å². The van der Waals surface area contributed by atoms with E-state index in [0.717, 1.165) is 0 Å². The van der Waals surface area contributed by atoms with Crippen LogP contribution in [0.2, 0.25) is 0 Å². The molecule has 0 nitrogen and oxygen atoms in total. The van der Waals surface area contributed by atoms with Crippen molar-refractivity contribution < 1.29 is 45.2 Å². The van der Waals surface area contributed by atoms with E-state index >= 15 is 0 Å². The molecular weight excluding hydrogens is 287 g/mol. The Morgan fingerprint density at radius 2 is 1.06 bits per heavy atom. The van der Waals surface area contributed by atoms with Gasteiger partial charge in [0.05, 0.1) is 0 Å². The Hall–Kier alpha value is 0.514. The Balaban J connectivity index is 0. The maximum Gasteiger partial charge on any atom is -1.00 e. The minimum Gasteiger partial charge on any atom is -1.00 e. The third-order valence-corrected chi connectivity index (χ3v) is 3.52. The van der Waals surface area contributed by atoms with Gasteiger partial charge in [-0.25, -0.2) is 0 Å². The third kappa shape index (κ3) is 4.95. The van der Waals surface area contributed by atoms with Gasteiger partial charge in [-0.15, -0.1) is 0 Å². The molecule has 0 saturated heterocycles. The van der Waals surface area contributed by atoms with Crippen LogP contribution < -0.4 is 28.7 Å². The van der Waals surface area contributed by atoms with Gasteiger partial charge in [-0.3, -0.25) is 0 Å². The zero-order valence-corrected chi connectivity index (χ0v) is 14.6. The van der Waals surface area contributed by atoms with Gasteiger partial charge in [0.1, 0.15) is 0 Å². The maximum absolute atomic E-state index is 2.28. The van der Waals surface area contributed by atoms with E-state index in [1.54, 1.807) is 0 Å². The van der Waals surface area contributed by atoms with E-state index in [-0.39, 0.29) is 35.6 Å². The first-order valence-electron chi connectivity index (χ1n) is 5.49. The first kappa shape index (κ1) is 19.8. The van der Waals surface area contributed by atoms with Gasteiger partial charge in [-0.05, 0) is 0 Å². The van der Waals surface area contributed by atoms with E-state index in [2.05, 4.69) is 80.2 Å². The van der Waals surface area contributed by atoms with E-state index in [9.17, 15) is 0 Å². The van der Waals surface area contributed by atoms with Crippen molar-refractivity contribution >= 4 is 3.87 Å². The minimum absolute atomic E-state index is 0. The molecule has 0 aliphatic carbocycles. The summed E-state index contributed by atoms with van der Waals surface area (Å²) in [5.74, 6) is 0. The molecular formula is C14H21Cl2Ti. The van der Waals surface area contributed by atoms with Gasteiger partial charge in [-0.1, -0.05) is 0 Å². The standard InChI is InChI=1S/C14H21.2ClH.Ti/c1-13(2,3)11-8-7-9-12(10-11)14(4,5)6;;;/h7-9H,1-6H3;2*1H;/q;;;+2/p-2. The minimum atomic E-state index is 0. The molecule has 0 radical (unpaired) electrons. The summed E-state index contributed by atoms with van der Waals surface area (Å²) >= 11 is 2.25. The quantitative estimate of drug-likeness (QED) is 0.464. The predicted molar refractivity (Wildman–Crippen MR) is 63.5 cm³/mol. The summed E-state index contributed by atoms with van der Waals surface area (Å²) in [6, 6.07) is 6.70. The average Bonchev–Trinajstić information content (AvgIpc) is 1.99. The smallest absolute Gasteiger partial charge is 1.00 e. The number of rotatable bonds is 0. The number of benzene rings is 1. The second-order valence-corrected chi connectivity index (χ2v) is 7.01. The zero-order valence-electron chi connectivity index (χ0n) is 11.5. The summed E-state index contributed by atoms with van der Waals surface area (Å²) in [5, 5.41) is 0. The van der Waals surface area contributed by atoms with Gasteiger partial charge >= 0.3 is 106 Å². The van der Waals surface area contributed by atoms with Gasteiger partial charge in [0.15, 0.2) is 0 Å². The maximum atomic E-state index is 2.28. The molecule has 0 saturated carbocycles. The van der Waals surface area contributed by atoms with Crippen LogP contribution in [0.3, 0.4) is 0 Å². The van der Waals surface area contributed by atoms with E-state index in [4.69, 9.17) is 0 Å². The van der Waals surface area contributed by atoms with Crippen molar-refractivity contribution in [1.29, 1.82) is 0 Å². The summed E-state index contributed by atoms with van der Waals surface area (Å²) in [7, 11) is 0. The molecule has 0 amide bonds. The number of hydrogen-bond donors (Lipinski definition) is 0. The second kappa shape index (κ2) is 6.61. The normalized spacial score (nSPS) is 11.5. The van der Waals surface area contributed by atoms with Crippen LogP contribution >= 0.6 is 0 Å². The summed E-state index contributed by atoms with van der Waals surface area (Å²) in [4.78, 5) is 0. The molecule has 0 aliphatic heterocycles. The fourth-order valence-corrected chi connectivity index (χ4v) is 3.23. The molecule has 0 heterocycles. The predicted octanol–water partition coefficient (Wildman–Crippen LogP) is -2.54. The van der Waals surface area contributed by atoms with Gasteiger partial charge in [-0.2, -0.15) is 0 Å². The summed E-state index contributed by atoms with van der Waals surface area (Å²) < 4.78 is 1.46. The third-order valence-electron chi connectivity index (χ3n) is 2.68. The number of halogens is 2. The molecule has 0 bridgehead atoms. The first-order chi connectivity index (χ1) is 6.64. The van der Waals surface area contributed by atoms with E-state index in [1.165, 1.54) is 15.0 Å². The van der Waals surface area contributed by atoms with Crippen molar-refractivity contribution in [2.75, 3.05) is 0 Å². The second-order valence-electron chi connectivity index (χ2n) is 6.23. The van der Waals surface area contributed by atoms with Crippen LogP contribution in [-0.2, 0) is 31.3 Å². The van der Waals surface area contributed by atoms with Crippen LogP contribution in [0, 0.1) is 0 Å². The molecule has 0 aliphatic rings. The Morgan fingerprint density at radius 1 is 0.765 bits per heavy atom. The molecule has 0 spiro atoms. The summed E-state index contributed by atoms with van der Waals surface area (Å²) in [6.45, 7) is 13.7. The monoisotopic (exact) mass is 307 g/mol. The molecule has 3 heteroatoms. The number of hydrogen-bond acceptors (Lipinski definition) is 0. The van der Waals surface area contributed by atoms with Gasteiger partial charge < -0.3 is 24.8 Å². The largest absolute Gasteiger partial charge is 1.00 e. The first-order valence-corrected chi connectivity index (χ1v) is 6.27. The van der Waals surface area contributed by atoms with Crippen LogP contribution in [0.25, 0.3) is 0 Å². The van der Waals surface area contributed by atoms with Crippen molar-refractivity contribution in [3.05, 3.63) is 29.3 Å². The van der Waals surface area contributed by atoms with Crippen LogP contribution in [0.5, 0.6) is 0 Å². The molecule has 17 heavy (non-hydrogen) atoms. The molecule has 1 aromatic rings. The molecule has 95 valence electrons. The van der Waals surface area contributed by atoms with Gasteiger partial charge in [0.25, 0.3) is 0 Å². The zero-order chi connectivity index (χ0) is 11.9. The van der Waals surface area contributed by atoms with Crippen molar-refractivity contribution in [2.45, 2.75) is 52.4 Å². The molecule has 0 aromatic heterocycles. The summed E-state index contributed by atoms with van der Waals surface area (Å²) in [6.07, 6.45) is 0. The van der Waals surface area contributed by atoms with Gasteiger partial charge in [0, 0.05) is 0 Å². The van der Waals surface area contributed by atoms with Crippen molar-refractivity contribution in [1.82, 2.24) is 0 Å². The van der Waals surface area contributed by atoms with Crippen LogP contribution in [0.1, 0.15) is 52.7 Å². The summed E-state index contributed by atoms with van der Waals surface area (Å²) in [5.41, 5.74) is 3.42. The Labute approximate surface area is 130 Å². The fraction of sp³-hybridized carbons (Fsp3) is 0.571. The average molecular weight is 308 g/mol. The SMILES string of the molecule is CC(C)(C)c1cccc(C(C)(C)C)[c]1[Ti+2].[Cl-].[Cl-]. The fourth-order valence-electron chi connectivity index (χ4n) is 1.80. The Kier molecular flexibility index (Phi) is 7.72. The Bertz CT molecular complexity index is 327. The molecule has 0 atom stereocenters. The van der Waals surface area contributed by atoms with E-state index < -0.39 is 0 Å². The van der Waals surface area contributed by atoms with Crippen LogP contribution in [-0.4, -0.2) is 0 Å². The molecule has 0 N–H and O–H groups in total. The van der Waals surface area contributed by atoms with Crippen molar-refractivity contribution in [2.24, 2.45) is 0 Å². The molecule has 1 aromatic carbocycles. The van der Waals surface area contributed by atoms with Crippen molar-refractivity contribution in [3.63, 3.8) is 0 Å². The van der Waals surface area contributed by atoms with Crippen LogP contribution in [0.4, 0.5) is 0 Å². The topological polar surface area (TPSA) is 0 Å². The van der Waals surface area contributed by atoms with E-state index in [1.807, 2.05) is 0 Å². The Morgan fingerprint density at radius 3 is 1.29 bits per heavy atom. The molecule has 0 fully saturated rings. The molecule has 1 rings (SSSR count). The van der Waals surface area contributed by atoms with Crippen molar-refractivity contribution in [3.8, 4) is 0 Å². The molecule has 0 unspecified atom stereocenters. The van der Waals surface area contributed by atoms with Gasteiger partial charge in [0.2, 0.25) is 0 Å². The van der Waals surface area contributed by atoms with Crippen LogP contribution in [0.15, 0.2) is 18.2 Å².